The van der Waals surface area contributed by atoms with Crippen molar-refractivity contribution >= 4 is 101 Å². The Kier molecular flexibility index (Phi) is 32.7. The van der Waals surface area contributed by atoms with E-state index in [1.54, 1.807) is 108 Å². The molecule has 22 nitrogen and oxygen atoms in total. The molecule has 5 amide bonds. The van der Waals surface area contributed by atoms with Crippen LogP contribution < -0.4 is 46.5 Å². The van der Waals surface area contributed by atoms with E-state index in [0.717, 1.165) is 25.7 Å². The highest BCUT2D eigenvalue weighted by atomic mass is 35.5. The van der Waals surface area contributed by atoms with Gasteiger partial charge in [0.2, 0.25) is 17.7 Å². The maximum absolute atomic E-state index is 13.2. The van der Waals surface area contributed by atoms with Crippen LogP contribution in [0, 0.1) is 0 Å². The number of nitrogens with two attached hydrogens (primary N) is 1. The molecule has 37 heteroatoms. The molecule has 0 aromatic heterocycles. The van der Waals surface area contributed by atoms with Crippen molar-refractivity contribution in [2.24, 2.45) is 5.73 Å². The van der Waals surface area contributed by atoms with Crippen LogP contribution in [0.1, 0.15) is 162 Å². The number of rotatable bonds is 22. The summed E-state index contributed by atoms with van der Waals surface area (Å²) in [5, 5.41) is 25.2. The topological polar surface area (TPSA) is 276 Å². The number of halogens is 15. The Morgan fingerprint density at radius 2 is 0.614 bits per heavy atom. The lowest BCUT2D eigenvalue weighted by molar-refractivity contribution is -0.158. The number of esters is 1. The molecule has 0 radical (unpaired) electrons. The first-order valence-electron chi connectivity index (χ1n) is 37.9. The van der Waals surface area contributed by atoms with Gasteiger partial charge in [0.15, 0.2) is 19.8 Å². The van der Waals surface area contributed by atoms with Crippen LogP contribution in [0.4, 0.5) is 43.9 Å². The molecule has 8 N–H and O–H groups in total. The van der Waals surface area contributed by atoms with Crippen molar-refractivity contribution in [3.63, 3.8) is 0 Å². The van der Waals surface area contributed by atoms with Crippen LogP contribution in [0.3, 0.4) is 0 Å². The van der Waals surface area contributed by atoms with Crippen LogP contribution in [0.2, 0.25) is 15.1 Å². The van der Waals surface area contributed by atoms with Crippen LogP contribution in [-0.2, 0) is 38.3 Å². The van der Waals surface area contributed by atoms with Crippen molar-refractivity contribution in [1.82, 2.24) is 46.2 Å². The maximum Gasteiger partial charge on any atom is 0.320 e. The summed E-state index contributed by atoms with van der Waals surface area (Å²) in [5.41, 5.74) is 4.34. The first kappa shape index (κ1) is 95.0. The molecule has 0 spiro atoms. The summed E-state index contributed by atoms with van der Waals surface area (Å²) in [7, 11) is 0. The van der Waals surface area contributed by atoms with Crippen molar-refractivity contribution in [2.75, 3.05) is 98.4 Å². The van der Waals surface area contributed by atoms with Crippen LogP contribution >= 0.6 is 59.6 Å². The SMILES string of the molecule is CC(C)(C)OC(=O)CN1CCC(F)(F)CC1.Cl.Cl.FC1(F)CCCCC1.NC12CC(NC(=O)COc3ccc(Cl)cc3)(C1)C2.O=C(COc1ccc(Cl)cc1)NC12CC(NC(=O)CN3CCC(F)(F)CC3)(C1)C2.O=C(COc1ccc(Cl)cc1)NC12CC(NC(=O)CN3CCC(F)(F)CC3)(C1)C2.O=C(O)CN1CCC(F)(F)CC1. The largest absolute Gasteiger partial charge is 0.484 e. The summed E-state index contributed by atoms with van der Waals surface area (Å²) in [4.78, 5) is 88.9. The van der Waals surface area contributed by atoms with E-state index in [1.807, 2.05) is 0 Å². The minimum absolute atomic E-state index is 0. The molecule has 3 aromatic carbocycles. The van der Waals surface area contributed by atoms with Crippen molar-refractivity contribution in [3.05, 3.63) is 87.9 Å². The summed E-state index contributed by atoms with van der Waals surface area (Å²) < 4.78 is 149. The third-order valence-electron chi connectivity index (χ3n) is 21.5. The van der Waals surface area contributed by atoms with Gasteiger partial charge in [-0.25, -0.2) is 43.9 Å². The molecule has 4 saturated heterocycles. The zero-order chi connectivity index (χ0) is 81.8. The van der Waals surface area contributed by atoms with Gasteiger partial charge in [-0.05, 0) is 164 Å². The summed E-state index contributed by atoms with van der Waals surface area (Å²) in [5.74, 6) is -13.0. The molecule has 14 fully saturated rings. The molecule has 10 aliphatic carbocycles. The molecule has 6 bridgehead atoms. The molecule has 0 atom stereocenters. The fourth-order valence-electron chi connectivity index (χ4n) is 16.2. The first-order chi connectivity index (χ1) is 52.2. The molecule has 4 heterocycles. The summed E-state index contributed by atoms with van der Waals surface area (Å²) >= 11 is 17.4. The number of carboxylic acids is 1. The number of carbonyl (C=O) groups excluding carboxylic acids is 6. The number of aliphatic carboxylic acids is 1. The highest BCUT2D eigenvalue weighted by molar-refractivity contribution is 6.31. The highest BCUT2D eigenvalue weighted by Crippen LogP contribution is 2.62. The summed E-state index contributed by atoms with van der Waals surface area (Å²) in [6.45, 7) is 7.31. The number of alkyl halides is 10. The molecule has 4 aliphatic heterocycles. The zero-order valence-corrected chi connectivity index (χ0v) is 68.0. The second-order valence-corrected chi connectivity index (χ2v) is 34.6. The predicted molar refractivity (Wildman–Crippen MR) is 412 cm³/mol. The Bertz CT molecular complexity index is 3510. The van der Waals surface area contributed by atoms with Gasteiger partial charge in [-0.2, -0.15) is 0 Å². The van der Waals surface area contributed by atoms with E-state index in [0.29, 0.717) is 83.7 Å². The van der Waals surface area contributed by atoms with E-state index in [-0.39, 0.29) is 256 Å². The lowest BCUT2D eigenvalue weighted by atomic mass is 9.44. The van der Waals surface area contributed by atoms with Crippen LogP contribution in [0.5, 0.6) is 17.2 Å². The van der Waals surface area contributed by atoms with Gasteiger partial charge in [0.1, 0.15) is 22.8 Å². The number of likely N-dealkylation sites (tertiary alicyclic amines) is 4. The van der Waals surface area contributed by atoms with Crippen molar-refractivity contribution < 1.29 is 102 Å². The molecule has 14 aliphatic rings. The minimum Gasteiger partial charge on any atom is -0.484 e. The van der Waals surface area contributed by atoms with Gasteiger partial charge in [-0.3, -0.25) is 53.2 Å². The molecule has 3 aromatic rings. The van der Waals surface area contributed by atoms with E-state index in [2.05, 4.69) is 26.6 Å². The van der Waals surface area contributed by atoms with Gasteiger partial charge in [0.05, 0.1) is 26.2 Å². The average molecular weight is 1730 g/mol. The Balaban J connectivity index is 0.000000198. The standard InChI is InChI=1S/2C20H24ClF2N3O3.C13H15ClN2O2.C11H19F2NO2.C7H11F2NO2.C6H10F2.2ClH/c2*21-14-1-3-15(4-2-14)29-10-17(28)25-19-11-18(12-19,13-19)24-16(27)9-26-7-5-20(22,23)6-8-26;14-9-1-3-10(4-2-9)18-5-11(17)16-13-6-12(15,7-13)8-13;1-10(2,3)16-9(15)8-14-6-4-11(12,13)5-7-14;8-7(9)1-3-10(4-2-7)5-6(11)12;7-6(8)4-2-1-3-5-6;;/h2*1-4H,5-13H2,(H,24,27)(H,25,28);1-4H,5-8,15H2,(H,16,17);4-8H2,1-3H3;1-5H2,(H,11,12);1-5H2;2*1H. The number of nitrogens with zero attached hydrogens (tertiary/aromatic N) is 4. The Hall–Kier alpha value is -6.10. The highest BCUT2D eigenvalue weighted by Gasteiger charge is 2.70. The number of piperidine rings is 4. The number of amides is 5. The average Bonchev–Trinajstić information content (AvgIpc) is 0.692. The molecule has 0 unspecified atom stereocenters. The van der Waals surface area contributed by atoms with Crippen molar-refractivity contribution in [3.8, 4) is 17.2 Å². The Labute approximate surface area is 684 Å². The number of hydrogen-bond donors (Lipinski definition) is 7. The third kappa shape index (κ3) is 30.1. The lowest BCUT2D eigenvalue weighted by Gasteiger charge is -2.70. The van der Waals surface area contributed by atoms with Crippen molar-refractivity contribution in [2.45, 2.75) is 230 Å². The summed E-state index contributed by atoms with van der Waals surface area (Å²) in [6, 6.07) is 20.5. The summed E-state index contributed by atoms with van der Waals surface area (Å²) in [6.07, 6.45) is 7.93. The monoisotopic (exact) mass is 1730 g/mol. The van der Waals surface area contributed by atoms with E-state index < -0.39 is 41.2 Å². The fourth-order valence-corrected chi connectivity index (χ4v) is 16.6. The molecule has 114 heavy (non-hydrogen) atoms. The second-order valence-electron chi connectivity index (χ2n) is 33.2. The Morgan fingerprint density at radius 1 is 0.377 bits per heavy atom. The molecular weight excluding hydrogens is 1620 g/mol. The minimum atomic E-state index is -2.61. The van der Waals surface area contributed by atoms with E-state index in [9.17, 15) is 77.5 Å². The lowest BCUT2D eigenvalue weighted by Crippen LogP contribution is -2.84. The van der Waals surface area contributed by atoms with E-state index in [1.165, 1.54) is 4.90 Å². The van der Waals surface area contributed by atoms with E-state index in [4.69, 9.17) is 64.6 Å². The van der Waals surface area contributed by atoms with Gasteiger partial charge in [-0.1, -0.05) is 41.2 Å². The molecule has 640 valence electrons. The molecule has 10 saturated carbocycles. The number of carboxylic acid groups (broad SMARTS) is 1. The third-order valence-corrected chi connectivity index (χ3v) is 22.3. The van der Waals surface area contributed by atoms with Gasteiger partial charge in [0, 0.05) is 165 Å². The smallest absolute Gasteiger partial charge is 0.320 e. The normalized spacial score (nSPS) is 27.8. The zero-order valence-electron chi connectivity index (χ0n) is 64.1. The van der Waals surface area contributed by atoms with E-state index >= 15 is 0 Å². The number of ether oxygens (including phenoxy) is 4. The Morgan fingerprint density at radius 3 is 0.851 bits per heavy atom. The van der Waals surface area contributed by atoms with Crippen LogP contribution in [0.15, 0.2) is 72.8 Å². The maximum atomic E-state index is 13.2. The van der Waals surface area contributed by atoms with Gasteiger partial charge >= 0.3 is 11.9 Å². The quantitative estimate of drug-likeness (QED) is 0.0364. The van der Waals surface area contributed by atoms with Crippen molar-refractivity contribution in [1.29, 1.82) is 0 Å². The molecule has 17 rings (SSSR count). The van der Waals surface area contributed by atoms with Gasteiger partial charge < -0.3 is 56.4 Å². The number of hydrogen-bond acceptors (Lipinski definition) is 16. The fraction of sp³-hybridized carbons (Fsp3) is 0.675. The number of carbonyl (C=O) groups is 7. The number of nitrogens with one attached hydrogen (secondary N) is 5. The molecular formula is C77H105Cl5F10N10O12. The van der Waals surface area contributed by atoms with Gasteiger partial charge in [0.25, 0.3) is 41.4 Å². The van der Waals surface area contributed by atoms with Gasteiger partial charge in [-0.15, -0.1) is 24.8 Å². The first-order valence-corrected chi connectivity index (χ1v) is 39.1. The second kappa shape index (κ2) is 39.2. The number of benzene rings is 3. The van der Waals surface area contributed by atoms with Crippen LogP contribution in [-0.4, -0.2) is 233 Å². The predicted octanol–water partition coefficient (Wildman–Crippen LogP) is 12.5. The van der Waals surface area contributed by atoms with Crippen LogP contribution in [0.25, 0.3) is 0 Å².